The van der Waals surface area contributed by atoms with Gasteiger partial charge in [-0.3, -0.25) is 38.4 Å². The Morgan fingerprint density at radius 2 is 0.918 bits per heavy atom. The second-order valence-electron chi connectivity index (χ2n) is 19.3. The predicted octanol–water partition coefficient (Wildman–Crippen LogP) is 4.63. The Hall–Kier alpha value is -4.59. The highest BCUT2D eigenvalue weighted by atomic mass is 35.5. The first-order valence-electron chi connectivity index (χ1n) is 26.9. The lowest BCUT2D eigenvalue weighted by Gasteiger charge is -2.29. The van der Waals surface area contributed by atoms with Crippen molar-refractivity contribution >= 4 is 59.8 Å². The molecule has 0 aromatic heterocycles. The third-order valence-electron chi connectivity index (χ3n) is 13.4. The number of unbranched alkanes of at least 4 members (excludes halogenated alkanes) is 4. The predicted molar refractivity (Wildman–Crippen MR) is 284 cm³/mol. The van der Waals surface area contributed by atoms with Crippen LogP contribution in [0.3, 0.4) is 0 Å². The van der Waals surface area contributed by atoms with Crippen molar-refractivity contribution in [2.45, 2.75) is 218 Å². The molecule has 0 spiro atoms. The number of nitrogens with one attached hydrogen (secondary N) is 6. The van der Waals surface area contributed by atoms with Gasteiger partial charge >= 0.3 is 11.9 Å². The highest BCUT2D eigenvalue weighted by Crippen LogP contribution is 2.30. The Morgan fingerprint density at radius 1 is 0.534 bits per heavy atom. The minimum absolute atomic E-state index is 0. The first kappa shape index (κ1) is 68.4. The van der Waals surface area contributed by atoms with E-state index in [0.29, 0.717) is 44.4 Å². The molecule has 0 aliphatic heterocycles. The van der Waals surface area contributed by atoms with Crippen LogP contribution in [0.5, 0.6) is 0 Å². The monoisotopic (exact) mass is 1060 g/mol. The number of amides is 6. The molecule has 10 N–H and O–H groups in total. The molecule has 420 valence electrons. The summed E-state index contributed by atoms with van der Waals surface area (Å²) in [6, 6.07) is -3.96. The van der Waals surface area contributed by atoms with Crippen LogP contribution in [0.15, 0.2) is 25.3 Å². The second kappa shape index (κ2) is 40.8. The van der Waals surface area contributed by atoms with Crippen molar-refractivity contribution in [3.63, 3.8) is 0 Å². The van der Waals surface area contributed by atoms with Gasteiger partial charge in [0, 0.05) is 5.92 Å². The van der Waals surface area contributed by atoms with Crippen LogP contribution in [0, 0.1) is 17.8 Å². The summed E-state index contributed by atoms with van der Waals surface area (Å²) in [6.07, 6.45) is 18.4. The van der Waals surface area contributed by atoms with E-state index in [-0.39, 0.29) is 49.3 Å². The van der Waals surface area contributed by atoms with Crippen molar-refractivity contribution in [2.24, 2.45) is 23.5 Å². The van der Waals surface area contributed by atoms with Gasteiger partial charge in [-0.05, 0) is 63.2 Å². The summed E-state index contributed by atoms with van der Waals surface area (Å²) >= 11 is 0. The Kier molecular flexibility index (Phi) is 38.2. The maximum Gasteiger partial charge on any atom is 0.325 e. The van der Waals surface area contributed by atoms with Gasteiger partial charge < -0.3 is 57.3 Å². The number of carbonyl (C=O) groups excluding carboxylic acids is 8. The van der Waals surface area contributed by atoms with Gasteiger partial charge in [0.05, 0.1) is 18.1 Å². The molecular weight excluding hydrogens is 962 g/mol. The summed E-state index contributed by atoms with van der Waals surface area (Å²) < 4.78 is 9.61. The Bertz CT molecular complexity index is 1540. The molecule has 2 saturated carbocycles. The van der Waals surface area contributed by atoms with E-state index in [9.17, 15) is 48.6 Å². The van der Waals surface area contributed by atoms with Crippen LogP contribution in [0.4, 0.5) is 0 Å². The first-order chi connectivity index (χ1) is 34.5. The lowest BCUT2D eigenvalue weighted by atomic mass is 9.80. The van der Waals surface area contributed by atoms with Crippen LogP contribution in [-0.4, -0.2) is 126 Å². The minimum Gasteiger partial charge on any atom is -0.460 e. The molecule has 19 nitrogen and oxygen atoms in total. The van der Waals surface area contributed by atoms with Crippen molar-refractivity contribution in [3.8, 4) is 0 Å². The average Bonchev–Trinajstić information content (AvgIpc) is 3.39. The number of esters is 2. The molecule has 2 fully saturated rings. The van der Waals surface area contributed by atoms with Gasteiger partial charge in [-0.25, -0.2) is 0 Å². The summed E-state index contributed by atoms with van der Waals surface area (Å²) in [5, 5.41) is 37.1. The van der Waals surface area contributed by atoms with Gasteiger partial charge in [-0.2, -0.15) is 0 Å². The van der Waals surface area contributed by atoms with Crippen LogP contribution < -0.4 is 37.6 Å². The SMILES string of the molecule is C=CCOC(=O)CNC(=O)C(O)C(CCC)NC(=O)[C@H](CCCCC)NC(=O)[C@@H](C)C1CCCCC1.C=CCOC(=O)CNC(=O)C(O)C(CCC)NC(=O)[C@H](CCCCC)NC(=O)[C@@H](N)C1CCCCC1.Cl. The van der Waals surface area contributed by atoms with E-state index in [1.807, 2.05) is 27.7 Å². The van der Waals surface area contributed by atoms with Gasteiger partial charge in [0.1, 0.15) is 38.4 Å². The lowest BCUT2D eigenvalue weighted by molar-refractivity contribution is -0.144. The van der Waals surface area contributed by atoms with Crippen molar-refractivity contribution in [3.05, 3.63) is 25.3 Å². The summed E-state index contributed by atoms with van der Waals surface area (Å²) in [4.78, 5) is 100. The molecule has 4 unspecified atom stereocenters. The van der Waals surface area contributed by atoms with Gasteiger partial charge in [0.15, 0.2) is 12.2 Å². The van der Waals surface area contributed by atoms with Crippen molar-refractivity contribution in [1.29, 1.82) is 0 Å². The molecule has 2 aliphatic carbocycles. The van der Waals surface area contributed by atoms with Crippen molar-refractivity contribution in [2.75, 3.05) is 26.3 Å². The quantitative estimate of drug-likeness (QED) is 0.0242. The smallest absolute Gasteiger partial charge is 0.325 e. The molecule has 2 rings (SSSR count). The normalized spacial score (nSPS) is 17.0. The number of ether oxygens (including phenoxy) is 2. The van der Waals surface area contributed by atoms with Crippen LogP contribution in [0.2, 0.25) is 0 Å². The number of aliphatic hydroxyl groups excluding tert-OH is 2. The van der Waals surface area contributed by atoms with E-state index in [4.69, 9.17) is 15.2 Å². The van der Waals surface area contributed by atoms with E-state index in [2.05, 4.69) is 52.0 Å². The molecule has 6 amide bonds. The molecule has 8 atom stereocenters. The zero-order valence-electron chi connectivity index (χ0n) is 44.7. The molecule has 0 aromatic rings. The highest BCUT2D eigenvalue weighted by Gasteiger charge is 2.35. The number of hydrogen-bond acceptors (Lipinski definition) is 13. The molecule has 73 heavy (non-hydrogen) atoms. The van der Waals surface area contributed by atoms with E-state index < -0.39 is 91.1 Å². The van der Waals surface area contributed by atoms with Crippen LogP contribution in [-0.2, 0) is 47.8 Å². The Labute approximate surface area is 441 Å². The molecule has 0 bridgehead atoms. The summed E-state index contributed by atoms with van der Waals surface area (Å²) in [7, 11) is 0. The molecule has 2 aliphatic rings. The van der Waals surface area contributed by atoms with Gasteiger partial charge in [-0.1, -0.05) is 150 Å². The fourth-order valence-electron chi connectivity index (χ4n) is 8.97. The fraction of sp³-hybridized carbons (Fsp3) is 0.774. The number of halogens is 1. The number of aliphatic hydroxyl groups is 2. The third kappa shape index (κ3) is 28.0. The maximum absolute atomic E-state index is 13.2. The molecule has 0 radical (unpaired) electrons. The molecule has 0 heterocycles. The summed E-state index contributed by atoms with van der Waals surface area (Å²) in [5.74, 6) is -3.98. The van der Waals surface area contributed by atoms with Gasteiger partial charge in [-0.15, -0.1) is 12.4 Å². The van der Waals surface area contributed by atoms with Crippen LogP contribution >= 0.6 is 12.4 Å². The molecular formula is C53H94ClN7O12. The number of rotatable bonds is 34. The average molecular weight is 1060 g/mol. The highest BCUT2D eigenvalue weighted by molar-refractivity contribution is 5.92. The fourth-order valence-corrected chi connectivity index (χ4v) is 8.97. The van der Waals surface area contributed by atoms with Crippen molar-refractivity contribution in [1.82, 2.24) is 31.9 Å². The molecule has 0 saturated heterocycles. The van der Waals surface area contributed by atoms with Crippen molar-refractivity contribution < 1.29 is 58.0 Å². The third-order valence-corrected chi connectivity index (χ3v) is 13.4. The standard InChI is InChI=1S/C27H47N3O6.C26H46N4O6.ClH/c1-5-8-10-16-22(30-25(33)19(4)20-14-11-9-12-15-20)26(34)29-21(13-6-2)24(32)27(35)28-18-23(31)36-17-7-3;1-4-7-9-15-20(30-25(34)22(27)18-13-10-8-11-14-18)24(33)29-19(12-5-2)23(32)26(35)28-17-21(31)36-16-6-3;/h7,19-22,24,32H,3,5-6,8-18H2,1-2,4H3,(H,28,35)(H,29,34)(H,30,33);6,18-20,22-23,32H,3-5,7-17,27H2,1-2H3,(H,28,35)(H,29,33)(H,30,34);1H/t19-,21?,22-,24?;19?,20-,22-,23?;/m00./s1. The zero-order chi connectivity index (χ0) is 53.8. The Morgan fingerprint density at radius 3 is 1.29 bits per heavy atom. The largest absolute Gasteiger partial charge is 0.460 e. The number of carbonyl (C=O) groups is 8. The summed E-state index contributed by atoms with van der Waals surface area (Å²) in [6.45, 7) is 15.9. The van der Waals surface area contributed by atoms with E-state index in [1.54, 1.807) is 0 Å². The molecule has 20 heteroatoms. The first-order valence-corrected chi connectivity index (χ1v) is 26.9. The van der Waals surface area contributed by atoms with E-state index in [1.165, 1.54) is 18.6 Å². The van der Waals surface area contributed by atoms with E-state index in [0.717, 1.165) is 96.3 Å². The van der Waals surface area contributed by atoms with E-state index >= 15 is 0 Å². The number of nitrogens with two attached hydrogens (primary N) is 1. The van der Waals surface area contributed by atoms with Gasteiger partial charge in [0.2, 0.25) is 23.6 Å². The topological polar surface area (TPSA) is 294 Å². The maximum atomic E-state index is 13.2. The minimum atomic E-state index is -1.57. The van der Waals surface area contributed by atoms with Crippen LogP contribution in [0.1, 0.15) is 176 Å². The lowest BCUT2D eigenvalue weighted by Crippen LogP contribution is -2.57. The second-order valence-corrected chi connectivity index (χ2v) is 19.3. The van der Waals surface area contributed by atoms with Crippen LogP contribution in [0.25, 0.3) is 0 Å². The zero-order valence-corrected chi connectivity index (χ0v) is 45.5. The Balaban J connectivity index is 0.00000140. The molecule has 0 aromatic carbocycles. The van der Waals surface area contributed by atoms with Gasteiger partial charge in [0.25, 0.3) is 11.8 Å². The number of hydrogen-bond donors (Lipinski definition) is 9. The summed E-state index contributed by atoms with van der Waals surface area (Å²) in [5.41, 5.74) is 6.24.